The molecule has 0 aromatic carbocycles. The van der Waals surface area contributed by atoms with E-state index in [9.17, 15) is 0 Å². The van der Waals surface area contributed by atoms with E-state index < -0.39 is 0 Å². The van der Waals surface area contributed by atoms with Crippen LogP contribution in [0.25, 0.3) is 0 Å². The van der Waals surface area contributed by atoms with Crippen LogP contribution in [0, 0.1) is 0 Å². The zero-order chi connectivity index (χ0) is 18.9. The highest BCUT2D eigenvalue weighted by Gasteiger charge is 2.15. The predicted octanol–water partition coefficient (Wildman–Crippen LogP) is 7.01. The predicted molar refractivity (Wildman–Crippen MR) is 115 cm³/mol. The van der Waals surface area contributed by atoms with Crippen molar-refractivity contribution in [2.75, 3.05) is 0 Å². The average molecular weight is 362 g/mol. The molecule has 0 aliphatic heterocycles. The third-order valence-electron chi connectivity index (χ3n) is 5.49. The van der Waals surface area contributed by atoms with Crippen LogP contribution in [0.4, 0.5) is 0 Å². The molecule has 0 amide bonds. The summed E-state index contributed by atoms with van der Waals surface area (Å²) in [5, 5.41) is 0. The summed E-state index contributed by atoms with van der Waals surface area (Å²) >= 11 is 0. The minimum Gasteiger partial charge on any atom is -0.235 e. The SMILES string of the molecule is C=CCCCCCCCCC[n+]1ccn(CC)c1CCCCCCCC. The summed E-state index contributed by atoms with van der Waals surface area (Å²) in [5.74, 6) is 1.55. The first-order valence-electron chi connectivity index (χ1n) is 11.5. The Hall–Kier alpha value is -1.05. The Kier molecular flexibility index (Phi) is 14.3. The van der Waals surface area contributed by atoms with Crippen LogP contribution in [-0.4, -0.2) is 4.57 Å². The fourth-order valence-electron chi connectivity index (χ4n) is 3.79. The highest BCUT2D eigenvalue weighted by molar-refractivity contribution is 4.83. The minimum absolute atomic E-state index is 1.10. The highest BCUT2D eigenvalue weighted by Crippen LogP contribution is 2.11. The van der Waals surface area contributed by atoms with Crippen molar-refractivity contribution in [3.63, 3.8) is 0 Å². The second kappa shape index (κ2) is 16.1. The van der Waals surface area contributed by atoms with E-state index in [-0.39, 0.29) is 0 Å². The lowest BCUT2D eigenvalue weighted by Crippen LogP contribution is -2.37. The fraction of sp³-hybridized carbons (Fsp3) is 0.792. The molecule has 0 saturated heterocycles. The lowest BCUT2D eigenvalue weighted by Gasteiger charge is -2.05. The molecular weight excluding hydrogens is 316 g/mol. The Morgan fingerprint density at radius 3 is 2.12 bits per heavy atom. The van der Waals surface area contributed by atoms with E-state index in [0.29, 0.717) is 0 Å². The number of unbranched alkanes of at least 4 members (excludes halogenated alkanes) is 12. The van der Waals surface area contributed by atoms with E-state index in [0.717, 1.165) is 6.54 Å². The van der Waals surface area contributed by atoms with Crippen LogP contribution in [-0.2, 0) is 19.5 Å². The molecule has 0 N–H and O–H groups in total. The van der Waals surface area contributed by atoms with Gasteiger partial charge in [-0.25, -0.2) is 9.13 Å². The van der Waals surface area contributed by atoms with Gasteiger partial charge < -0.3 is 0 Å². The Bertz CT molecular complexity index is 447. The third-order valence-corrected chi connectivity index (χ3v) is 5.49. The van der Waals surface area contributed by atoms with Gasteiger partial charge in [0.25, 0.3) is 5.82 Å². The summed E-state index contributed by atoms with van der Waals surface area (Å²) in [5.41, 5.74) is 0. The molecular formula is C24H45N2+. The van der Waals surface area contributed by atoms with Gasteiger partial charge >= 0.3 is 0 Å². The minimum atomic E-state index is 1.10. The normalized spacial score (nSPS) is 11.2. The van der Waals surface area contributed by atoms with Gasteiger partial charge in [0.2, 0.25) is 0 Å². The second-order valence-corrected chi connectivity index (χ2v) is 7.76. The molecule has 2 nitrogen and oxygen atoms in total. The largest absolute Gasteiger partial charge is 0.256 e. The lowest BCUT2D eigenvalue weighted by molar-refractivity contribution is -0.704. The van der Waals surface area contributed by atoms with Gasteiger partial charge in [0.1, 0.15) is 12.4 Å². The number of rotatable bonds is 18. The molecule has 0 atom stereocenters. The van der Waals surface area contributed by atoms with Crippen LogP contribution in [0.2, 0.25) is 0 Å². The maximum Gasteiger partial charge on any atom is 0.256 e. The van der Waals surface area contributed by atoms with Crippen LogP contribution >= 0.6 is 0 Å². The van der Waals surface area contributed by atoms with Gasteiger partial charge in [-0.15, -0.1) is 6.58 Å². The molecule has 1 aromatic rings. The van der Waals surface area contributed by atoms with Crippen LogP contribution in [0.5, 0.6) is 0 Å². The number of aryl methyl sites for hydroxylation is 2. The molecule has 1 aromatic heterocycles. The quantitative estimate of drug-likeness (QED) is 0.151. The number of hydrogen-bond donors (Lipinski definition) is 0. The summed E-state index contributed by atoms with van der Waals surface area (Å²) in [6.07, 6.45) is 27.0. The van der Waals surface area contributed by atoms with Crippen LogP contribution < -0.4 is 4.57 Å². The van der Waals surface area contributed by atoms with E-state index in [2.05, 4.69) is 42.0 Å². The maximum atomic E-state index is 3.79. The first kappa shape index (κ1) is 23.0. The van der Waals surface area contributed by atoms with E-state index in [1.807, 2.05) is 6.08 Å². The molecule has 0 spiro atoms. The molecule has 0 saturated carbocycles. The van der Waals surface area contributed by atoms with Crippen molar-refractivity contribution in [1.82, 2.24) is 4.57 Å². The van der Waals surface area contributed by atoms with E-state index in [1.165, 1.54) is 103 Å². The number of aromatic nitrogens is 2. The smallest absolute Gasteiger partial charge is 0.235 e. The van der Waals surface area contributed by atoms with Crippen molar-refractivity contribution < 1.29 is 4.57 Å². The standard InChI is InChI=1S/C24H45N2/c1-4-7-9-11-13-14-15-17-19-21-26-23-22-25(6-3)24(26)20-18-16-12-10-8-5-2/h4,22-23H,1,5-21H2,2-3H3/q+1. The van der Waals surface area contributed by atoms with Crippen LogP contribution in [0.1, 0.15) is 110 Å². The molecule has 0 bridgehead atoms. The molecule has 0 radical (unpaired) electrons. The molecule has 0 unspecified atom stereocenters. The average Bonchev–Trinajstić information content (AvgIpc) is 3.05. The molecule has 0 aliphatic carbocycles. The Balaban J connectivity index is 2.20. The van der Waals surface area contributed by atoms with E-state index in [4.69, 9.17) is 0 Å². The van der Waals surface area contributed by atoms with Crippen molar-refractivity contribution in [2.24, 2.45) is 0 Å². The van der Waals surface area contributed by atoms with Crippen molar-refractivity contribution in [2.45, 2.75) is 123 Å². The molecule has 2 heteroatoms. The molecule has 0 aliphatic rings. The summed E-state index contributed by atoms with van der Waals surface area (Å²) < 4.78 is 4.98. The molecule has 1 heterocycles. The summed E-state index contributed by atoms with van der Waals surface area (Å²) in [7, 11) is 0. The van der Waals surface area contributed by atoms with E-state index in [1.54, 1.807) is 5.82 Å². The Labute approximate surface area is 163 Å². The number of imidazole rings is 1. The summed E-state index contributed by atoms with van der Waals surface area (Å²) in [6, 6.07) is 0. The van der Waals surface area contributed by atoms with Crippen LogP contribution in [0.15, 0.2) is 25.0 Å². The van der Waals surface area contributed by atoms with Gasteiger partial charge in [0.05, 0.1) is 13.1 Å². The van der Waals surface area contributed by atoms with Crippen molar-refractivity contribution in [3.8, 4) is 0 Å². The maximum absolute atomic E-state index is 3.79. The van der Waals surface area contributed by atoms with Crippen molar-refractivity contribution >= 4 is 0 Å². The molecule has 150 valence electrons. The number of nitrogens with zero attached hydrogens (tertiary/aromatic N) is 2. The summed E-state index contributed by atoms with van der Waals surface area (Å²) in [4.78, 5) is 0. The monoisotopic (exact) mass is 361 g/mol. The van der Waals surface area contributed by atoms with Gasteiger partial charge in [-0.3, -0.25) is 0 Å². The first-order valence-corrected chi connectivity index (χ1v) is 11.5. The molecule has 0 fully saturated rings. The highest BCUT2D eigenvalue weighted by atomic mass is 15.1. The fourth-order valence-corrected chi connectivity index (χ4v) is 3.79. The van der Waals surface area contributed by atoms with Crippen molar-refractivity contribution in [1.29, 1.82) is 0 Å². The van der Waals surface area contributed by atoms with Gasteiger partial charge in [-0.05, 0) is 39.0 Å². The zero-order valence-electron chi connectivity index (χ0n) is 17.9. The van der Waals surface area contributed by atoms with E-state index >= 15 is 0 Å². The van der Waals surface area contributed by atoms with Crippen LogP contribution in [0.3, 0.4) is 0 Å². The van der Waals surface area contributed by atoms with Gasteiger partial charge in [-0.1, -0.05) is 70.8 Å². The number of allylic oxidation sites excluding steroid dienone is 1. The zero-order valence-corrected chi connectivity index (χ0v) is 17.9. The molecule has 1 rings (SSSR count). The molecule has 26 heavy (non-hydrogen) atoms. The topological polar surface area (TPSA) is 8.81 Å². The first-order chi connectivity index (χ1) is 12.8. The Morgan fingerprint density at radius 1 is 0.846 bits per heavy atom. The number of hydrogen-bond acceptors (Lipinski definition) is 0. The van der Waals surface area contributed by atoms with Gasteiger partial charge in [0, 0.05) is 6.42 Å². The van der Waals surface area contributed by atoms with Crippen molar-refractivity contribution in [3.05, 3.63) is 30.9 Å². The van der Waals surface area contributed by atoms with Gasteiger partial charge in [0.15, 0.2) is 0 Å². The third kappa shape index (κ3) is 10.2. The lowest BCUT2D eigenvalue weighted by atomic mass is 10.1. The summed E-state index contributed by atoms with van der Waals surface area (Å²) in [6.45, 7) is 10.7. The Morgan fingerprint density at radius 2 is 1.46 bits per heavy atom. The van der Waals surface area contributed by atoms with Gasteiger partial charge in [-0.2, -0.15) is 0 Å². The second-order valence-electron chi connectivity index (χ2n) is 7.76.